The first-order chi connectivity index (χ1) is 15.6. The highest BCUT2D eigenvalue weighted by molar-refractivity contribution is 5.94. The Balaban J connectivity index is 1.59. The van der Waals surface area contributed by atoms with Gasteiger partial charge in [0.15, 0.2) is 0 Å². The average Bonchev–Trinajstić information content (AvgIpc) is 2.84. The van der Waals surface area contributed by atoms with Gasteiger partial charge in [0.05, 0.1) is 19.1 Å². The third-order valence-electron chi connectivity index (χ3n) is 6.53. The topological polar surface area (TPSA) is 53.1 Å². The maximum Gasteiger partial charge on any atom is 0.253 e. The first kappa shape index (κ1) is 24.6. The smallest absolute Gasteiger partial charge is 0.253 e. The van der Waals surface area contributed by atoms with Crippen LogP contribution in [0.3, 0.4) is 0 Å². The molecule has 0 aromatic heterocycles. The van der Waals surface area contributed by atoms with Gasteiger partial charge in [0.1, 0.15) is 5.82 Å². The molecular weight excluding hydrogens is 409 g/mol. The van der Waals surface area contributed by atoms with Gasteiger partial charge in [-0.3, -0.25) is 14.5 Å². The quantitative estimate of drug-likeness (QED) is 0.516. The Morgan fingerprint density at radius 2 is 1.81 bits per heavy atom. The standard InChI is InChI=1S/C25H38FN3O3/c1-2-3-4-5-12-28(15-14-27-16-18-32-19-17-27)25(31)22-7-6-13-29(20-22)24(30)21-8-10-23(26)11-9-21/h8-11,22H,2-7,12-20H2,1H3. The number of carbonyl (C=O) groups is 2. The summed E-state index contributed by atoms with van der Waals surface area (Å²) >= 11 is 0. The fourth-order valence-corrected chi connectivity index (χ4v) is 4.54. The molecule has 0 radical (unpaired) electrons. The Morgan fingerprint density at radius 1 is 1.06 bits per heavy atom. The molecular formula is C25H38FN3O3. The number of benzene rings is 1. The van der Waals surface area contributed by atoms with Crippen molar-refractivity contribution in [2.75, 3.05) is 59.0 Å². The molecule has 6 nitrogen and oxygen atoms in total. The molecule has 32 heavy (non-hydrogen) atoms. The van der Waals surface area contributed by atoms with Crippen LogP contribution in [0.2, 0.25) is 0 Å². The second-order valence-corrected chi connectivity index (χ2v) is 8.94. The second kappa shape index (κ2) is 12.9. The molecule has 2 aliphatic heterocycles. The van der Waals surface area contributed by atoms with Gasteiger partial charge in [-0.05, 0) is 43.5 Å². The molecule has 0 spiro atoms. The average molecular weight is 448 g/mol. The van der Waals surface area contributed by atoms with Crippen LogP contribution in [0, 0.1) is 11.7 Å². The van der Waals surface area contributed by atoms with Crippen LogP contribution in [-0.4, -0.2) is 85.5 Å². The number of hydrogen-bond acceptors (Lipinski definition) is 4. The number of ether oxygens (including phenoxy) is 1. The fraction of sp³-hybridized carbons (Fsp3) is 0.680. The van der Waals surface area contributed by atoms with Gasteiger partial charge in [0.2, 0.25) is 5.91 Å². The van der Waals surface area contributed by atoms with Crippen molar-refractivity contribution in [3.63, 3.8) is 0 Å². The molecule has 0 bridgehead atoms. The number of hydrogen-bond donors (Lipinski definition) is 0. The number of unbranched alkanes of at least 4 members (excludes halogenated alkanes) is 3. The van der Waals surface area contributed by atoms with E-state index in [0.29, 0.717) is 18.7 Å². The Morgan fingerprint density at radius 3 is 2.53 bits per heavy atom. The van der Waals surface area contributed by atoms with E-state index in [0.717, 1.165) is 71.6 Å². The summed E-state index contributed by atoms with van der Waals surface area (Å²) in [6.45, 7) is 9.01. The highest BCUT2D eigenvalue weighted by atomic mass is 19.1. The van der Waals surface area contributed by atoms with Crippen LogP contribution >= 0.6 is 0 Å². The number of halogens is 1. The zero-order valence-electron chi connectivity index (χ0n) is 19.4. The third-order valence-corrected chi connectivity index (χ3v) is 6.53. The summed E-state index contributed by atoms with van der Waals surface area (Å²) in [5.41, 5.74) is 0.475. The van der Waals surface area contributed by atoms with Gasteiger partial charge >= 0.3 is 0 Å². The van der Waals surface area contributed by atoms with E-state index in [1.54, 1.807) is 4.90 Å². The molecule has 178 valence electrons. The molecule has 1 atom stereocenters. The molecule has 2 fully saturated rings. The van der Waals surface area contributed by atoms with E-state index in [1.165, 1.54) is 37.1 Å². The monoisotopic (exact) mass is 447 g/mol. The van der Waals surface area contributed by atoms with Crippen molar-refractivity contribution in [2.24, 2.45) is 5.92 Å². The molecule has 7 heteroatoms. The van der Waals surface area contributed by atoms with Gasteiger partial charge < -0.3 is 14.5 Å². The molecule has 3 rings (SSSR count). The summed E-state index contributed by atoms with van der Waals surface area (Å²) in [4.78, 5) is 32.5. The predicted molar refractivity (Wildman–Crippen MR) is 123 cm³/mol. The summed E-state index contributed by atoms with van der Waals surface area (Å²) < 4.78 is 18.7. The second-order valence-electron chi connectivity index (χ2n) is 8.94. The Labute approximate surface area is 191 Å². The van der Waals surface area contributed by atoms with E-state index in [-0.39, 0.29) is 23.5 Å². The first-order valence-electron chi connectivity index (χ1n) is 12.2. The number of rotatable bonds is 10. The lowest BCUT2D eigenvalue weighted by molar-refractivity contribution is -0.137. The zero-order chi connectivity index (χ0) is 22.8. The minimum atomic E-state index is -0.354. The van der Waals surface area contributed by atoms with Crippen LogP contribution < -0.4 is 0 Å². The maximum absolute atomic E-state index is 13.5. The van der Waals surface area contributed by atoms with Crippen molar-refractivity contribution in [2.45, 2.75) is 45.4 Å². The van der Waals surface area contributed by atoms with Gasteiger partial charge in [-0.2, -0.15) is 0 Å². The molecule has 2 heterocycles. The van der Waals surface area contributed by atoms with Gasteiger partial charge in [-0.1, -0.05) is 26.2 Å². The summed E-state index contributed by atoms with van der Waals surface area (Å²) in [6, 6.07) is 5.66. The first-order valence-corrected chi connectivity index (χ1v) is 12.2. The van der Waals surface area contributed by atoms with Crippen LogP contribution in [0.15, 0.2) is 24.3 Å². The van der Waals surface area contributed by atoms with Gasteiger partial charge in [0, 0.05) is 51.4 Å². The van der Waals surface area contributed by atoms with Gasteiger partial charge in [-0.15, -0.1) is 0 Å². The lowest BCUT2D eigenvalue weighted by atomic mass is 9.95. The zero-order valence-corrected chi connectivity index (χ0v) is 19.4. The van der Waals surface area contributed by atoms with Crippen LogP contribution in [0.4, 0.5) is 4.39 Å². The van der Waals surface area contributed by atoms with Crippen molar-refractivity contribution in [1.29, 1.82) is 0 Å². The van der Waals surface area contributed by atoms with Gasteiger partial charge in [0.25, 0.3) is 5.91 Å². The molecule has 2 amide bonds. The Bertz CT molecular complexity index is 722. The number of nitrogens with zero attached hydrogens (tertiary/aromatic N) is 3. The fourth-order valence-electron chi connectivity index (χ4n) is 4.54. The number of carbonyl (C=O) groups excluding carboxylic acids is 2. The third kappa shape index (κ3) is 7.27. The van der Waals surface area contributed by atoms with E-state index in [2.05, 4.69) is 11.8 Å². The van der Waals surface area contributed by atoms with Crippen LogP contribution in [-0.2, 0) is 9.53 Å². The minimum Gasteiger partial charge on any atom is -0.379 e. The molecule has 0 aliphatic carbocycles. The lowest BCUT2D eigenvalue weighted by Gasteiger charge is -2.36. The SMILES string of the molecule is CCCCCCN(CCN1CCOCC1)C(=O)C1CCCN(C(=O)c2ccc(F)cc2)C1. The maximum atomic E-state index is 13.5. The van der Waals surface area contributed by atoms with Crippen LogP contribution in [0.5, 0.6) is 0 Å². The van der Waals surface area contributed by atoms with E-state index >= 15 is 0 Å². The number of likely N-dealkylation sites (tertiary alicyclic amines) is 1. The van der Waals surface area contributed by atoms with E-state index in [1.807, 2.05) is 4.90 Å². The summed E-state index contributed by atoms with van der Waals surface area (Å²) in [5, 5.41) is 0. The highest BCUT2D eigenvalue weighted by Crippen LogP contribution is 2.21. The molecule has 2 aliphatic rings. The predicted octanol–water partition coefficient (Wildman–Crippen LogP) is 3.42. The van der Waals surface area contributed by atoms with Crippen molar-refractivity contribution < 1.29 is 18.7 Å². The van der Waals surface area contributed by atoms with Crippen molar-refractivity contribution in [3.05, 3.63) is 35.6 Å². The largest absolute Gasteiger partial charge is 0.379 e. The minimum absolute atomic E-state index is 0.120. The van der Waals surface area contributed by atoms with E-state index < -0.39 is 0 Å². The molecule has 1 unspecified atom stereocenters. The van der Waals surface area contributed by atoms with Crippen LogP contribution in [0.1, 0.15) is 55.8 Å². The number of amides is 2. The molecule has 2 saturated heterocycles. The Kier molecular flexibility index (Phi) is 9.93. The normalized spacial score (nSPS) is 19.7. The number of piperidine rings is 1. The molecule has 0 saturated carbocycles. The van der Waals surface area contributed by atoms with Crippen molar-refractivity contribution in [3.8, 4) is 0 Å². The molecule has 1 aromatic carbocycles. The van der Waals surface area contributed by atoms with Crippen LogP contribution in [0.25, 0.3) is 0 Å². The Hall–Kier alpha value is -1.99. The van der Waals surface area contributed by atoms with E-state index in [4.69, 9.17) is 4.74 Å². The van der Waals surface area contributed by atoms with Crippen molar-refractivity contribution in [1.82, 2.24) is 14.7 Å². The lowest BCUT2D eigenvalue weighted by Crippen LogP contribution is -2.49. The number of morpholine rings is 1. The molecule has 0 N–H and O–H groups in total. The van der Waals surface area contributed by atoms with E-state index in [9.17, 15) is 14.0 Å². The summed E-state index contributed by atoms with van der Waals surface area (Å²) in [5.74, 6) is -0.465. The summed E-state index contributed by atoms with van der Waals surface area (Å²) in [6.07, 6.45) is 6.15. The highest BCUT2D eigenvalue weighted by Gasteiger charge is 2.31. The summed E-state index contributed by atoms with van der Waals surface area (Å²) in [7, 11) is 0. The molecule has 1 aromatic rings. The van der Waals surface area contributed by atoms with Gasteiger partial charge in [-0.25, -0.2) is 4.39 Å². The van der Waals surface area contributed by atoms with Crippen molar-refractivity contribution >= 4 is 11.8 Å².